The van der Waals surface area contributed by atoms with Crippen molar-refractivity contribution in [3.05, 3.63) is 284 Å². The Morgan fingerprint density at radius 2 is 0.671 bits per heavy atom. The van der Waals surface area contributed by atoms with E-state index in [0.717, 1.165) is 18.9 Å². The third-order valence-electron chi connectivity index (χ3n) is 15.6. The zero-order chi connectivity index (χ0) is 85.0. The number of hydrogen-bond acceptors (Lipinski definition) is 4. The summed E-state index contributed by atoms with van der Waals surface area (Å²) in [5.74, 6) is 0. The Morgan fingerprint density at radius 1 is 0.294 bits per heavy atom. The molecule has 0 spiro atoms. The van der Waals surface area contributed by atoms with Crippen molar-refractivity contribution >= 4 is 145 Å². The molecule has 0 unspecified atom stereocenters. The fraction of sp³-hybridized carbons (Fsp3) is 0. The molecule has 0 saturated heterocycles. The van der Waals surface area contributed by atoms with Gasteiger partial charge >= 0.3 is 0 Å². The summed E-state index contributed by atoms with van der Waals surface area (Å²) in [6.45, 7) is -2.06. The summed E-state index contributed by atoms with van der Waals surface area (Å²) in [6.07, 6.45) is 0. The molecule has 7 heteroatoms. The maximum absolute atomic E-state index is 11.3. The number of aromatic nitrogens is 2. The summed E-state index contributed by atoms with van der Waals surface area (Å²) in [4.78, 5) is 2.27. The highest BCUT2D eigenvalue weighted by molar-refractivity contribution is 7.00. The van der Waals surface area contributed by atoms with Gasteiger partial charge in [-0.05, 0) is 135 Å². The summed E-state index contributed by atoms with van der Waals surface area (Å²) in [5, 5.41) is -3.74. The smallest absolute Gasteiger partial charge is 0.252 e. The van der Waals surface area contributed by atoms with Crippen molar-refractivity contribution in [3.8, 4) is 33.6 Å². The number of furan rings is 2. The molecule has 0 saturated carbocycles. The van der Waals surface area contributed by atoms with Gasteiger partial charge in [0.05, 0.1) is 80.0 Å². The molecule has 19 rings (SSSR count). The van der Waals surface area contributed by atoms with E-state index in [4.69, 9.17) is 25.3 Å². The first-order valence-electron chi connectivity index (χ1n) is 43.4. The summed E-state index contributed by atoms with van der Waals surface area (Å²) >= 11 is 0. The first kappa shape index (κ1) is 24.7. The topological polar surface area (TPSA) is 42.6 Å². The van der Waals surface area contributed by atoms with Crippen molar-refractivity contribution in [2.75, 3.05) is 9.80 Å². The Labute approximate surface area is 536 Å². The van der Waals surface area contributed by atoms with E-state index >= 15 is 0 Å². The number of benzene rings is 13. The highest BCUT2D eigenvalue weighted by atomic mass is 16.3. The van der Waals surface area contributed by atoms with E-state index in [1.807, 2.05) is 0 Å². The van der Waals surface area contributed by atoms with Crippen LogP contribution in [0.1, 0.15) is 46.6 Å². The molecule has 0 amide bonds. The number of rotatable bonds is 6. The number of anilines is 6. The van der Waals surface area contributed by atoms with Crippen LogP contribution in [-0.4, -0.2) is 15.8 Å². The van der Waals surface area contributed by atoms with Gasteiger partial charge in [0.15, 0.2) is 11.2 Å². The van der Waals surface area contributed by atoms with Crippen LogP contribution in [0.25, 0.3) is 121 Å². The van der Waals surface area contributed by atoms with Gasteiger partial charge in [-0.2, -0.15) is 0 Å². The lowest BCUT2D eigenvalue weighted by Crippen LogP contribution is -2.61. The molecule has 17 aromatic rings. The van der Waals surface area contributed by atoms with Crippen LogP contribution in [-0.2, 0) is 0 Å². The van der Waals surface area contributed by atoms with Gasteiger partial charge < -0.3 is 27.8 Å². The van der Waals surface area contributed by atoms with Crippen LogP contribution >= 0.6 is 0 Å². The number of hydrogen-bond donors (Lipinski definition) is 0. The van der Waals surface area contributed by atoms with Crippen LogP contribution in [0, 0.1) is 0 Å². The van der Waals surface area contributed by atoms with Crippen molar-refractivity contribution in [3.63, 3.8) is 0 Å². The Balaban J connectivity index is 1.08. The lowest BCUT2D eigenvalue weighted by Gasteiger charge is -2.44. The summed E-state index contributed by atoms with van der Waals surface area (Å²) in [7, 11) is 0. The van der Waals surface area contributed by atoms with Crippen molar-refractivity contribution < 1.29 is 55.4 Å². The molecule has 0 atom stereocenters. The van der Waals surface area contributed by atoms with E-state index in [-0.39, 0.29) is 49.9 Å². The van der Waals surface area contributed by atoms with E-state index in [0.29, 0.717) is 0 Å². The first-order valence-corrected chi connectivity index (χ1v) is 26.4. The molecular formula is C78H47BN4O2. The Kier molecular flexibility index (Phi) is 5.11. The van der Waals surface area contributed by atoms with Crippen LogP contribution in [0.15, 0.2) is 293 Å². The molecule has 394 valence electrons. The van der Waals surface area contributed by atoms with Gasteiger partial charge in [0.2, 0.25) is 0 Å². The average molecular weight is 1120 g/mol. The Morgan fingerprint density at radius 3 is 1.08 bits per heavy atom. The zero-order valence-corrected chi connectivity index (χ0v) is 43.2. The molecular weight excluding hydrogens is 1040 g/mol. The number of para-hydroxylation sites is 6. The van der Waals surface area contributed by atoms with E-state index in [1.165, 1.54) is 42.5 Å². The van der Waals surface area contributed by atoms with Crippen molar-refractivity contribution in [1.82, 2.24) is 9.13 Å². The van der Waals surface area contributed by atoms with Gasteiger partial charge in [-0.1, -0.05) is 188 Å². The SMILES string of the molecule is [2H]c1c([2H])c(-n2c3c([2H])c([2H])c([2H])c([2H])c3c3c([2H])c([2H])c([2H])c([2H])c32)c([2H])c2c1B1c3c(cccc3N(c3c([2H])c(-c4ccccc4)c([2H])c4c3oc3c([2H])c([2H])c([2H])c([2H])c34)c3c([2H])c(-n4c5c([2H])c([2H])c([2H])c([2H])c5c5c([2H])c([2H])c([2H])c([2H])c54)c([2H])c([2H])c31)N2c1c([2H])c(-c2ccccc2)c([2H])c2c1oc1c([2H])c([2H])c([2H])c([2H])c12. The highest BCUT2D eigenvalue weighted by Gasteiger charge is 2.45. The molecule has 13 aromatic carbocycles. The normalized spacial score (nSPS) is 18.5. The minimum Gasteiger partial charge on any atom is -0.454 e. The van der Waals surface area contributed by atoms with Crippen LogP contribution < -0.4 is 26.2 Å². The predicted molar refractivity (Wildman–Crippen MR) is 355 cm³/mol. The molecule has 0 aliphatic carbocycles. The third kappa shape index (κ3) is 6.60. The standard InChI is InChI=1S/C78H47BN4O2/c1-3-20-48(21-4-1)50-42-60-58-28-11-17-36-74(58)84-77(60)72(44-50)82-68-34-19-35-69-76(68)79(62-40-38-52(46-70(62)82)80-64-30-13-7-24-54(64)55-25-8-14-31-65(55)80)63-41-39-53(81-66-32-15-9-26-56(66)57-27-10-16-33-67(57)81)47-71(63)83(69)73-45-51(49-22-5-2-6-23-49)43-61-59-29-12-18-37-75(59)85-78(61)73/h1-47H/i7D,8D,9D,10D,11D,12D,13D,14D,15D,16D,17D,18D,24D,25D,26D,27D,28D,29D,30D,31D,32D,33D,36D,37D,38D,39D,40D,41D,42D,43D,44D,45D,46D,47D. The third-order valence-corrected chi connectivity index (χ3v) is 15.6. The first-order chi connectivity index (χ1) is 56.4. The van der Waals surface area contributed by atoms with E-state index in [2.05, 4.69) is 0 Å². The second-order valence-corrected chi connectivity index (χ2v) is 20.1. The van der Waals surface area contributed by atoms with Crippen molar-refractivity contribution in [1.29, 1.82) is 0 Å². The van der Waals surface area contributed by atoms with E-state index in [9.17, 15) is 30.2 Å². The number of fused-ring (bicyclic) bond motifs is 16. The van der Waals surface area contributed by atoms with Crippen LogP contribution in [0.2, 0.25) is 0 Å². The second kappa shape index (κ2) is 17.6. The molecule has 6 heterocycles. The molecule has 2 aliphatic heterocycles. The molecule has 85 heavy (non-hydrogen) atoms. The van der Waals surface area contributed by atoms with Gasteiger partial charge in [0.1, 0.15) is 11.2 Å². The quantitative estimate of drug-likeness (QED) is 0.156. The summed E-state index contributed by atoms with van der Waals surface area (Å²) < 4.78 is 346. The minimum atomic E-state index is -2.06. The Bertz CT molecular complexity index is 7150. The largest absolute Gasteiger partial charge is 0.454 e. The van der Waals surface area contributed by atoms with Crippen LogP contribution in [0.3, 0.4) is 0 Å². The lowest BCUT2D eigenvalue weighted by atomic mass is 9.33. The Hall–Kier alpha value is -11.3. The van der Waals surface area contributed by atoms with Gasteiger partial charge in [0, 0.05) is 77.2 Å². The lowest BCUT2D eigenvalue weighted by molar-refractivity contribution is 0.669. The maximum atomic E-state index is 11.3. The number of nitrogens with zero attached hydrogens (tertiary/aromatic N) is 4. The molecule has 4 aromatic heterocycles. The van der Waals surface area contributed by atoms with E-state index < -0.39 is 334 Å². The predicted octanol–water partition coefficient (Wildman–Crippen LogP) is 19.1. The van der Waals surface area contributed by atoms with Crippen molar-refractivity contribution in [2.45, 2.75) is 0 Å². The van der Waals surface area contributed by atoms with Crippen LogP contribution in [0.4, 0.5) is 34.1 Å². The molecule has 0 N–H and O–H groups in total. The zero-order valence-electron chi connectivity index (χ0n) is 77.2. The average Bonchev–Trinajstić information content (AvgIpc) is 1.68. The molecule has 0 radical (unpaired) electrons. The minimum absolute atomic E-state index is 0.121. The fourth-order valence-electron chi connectivity index (χ4n) is 12.1. The molecule has 2 aliphatic rings. The molecule has 0 bridgehead atoms. The molecule has 6 nitrogen and oxygen atoms in total. The summed E-state index contributed by atoms with van der Waals surface area (Å²) in [5.41, 5.74) is -11.6. The van der Waals surface area contributed by atoms with Gasteiger partial charge in [-0.25, -0.2) is 0 Å². The van der Waals surface area contributed by atoms with Gasteiger partial charge in [0.25, 0.3) is 6.71 Å². The van der Waals surface area contributed by atoms with Crippen LogP contribution in [0.5, 0.6) is 0 Å². The highest BCUT2D eigenvalue weighted by Crippen LogP contribution is 2.51. The van der Waals surface area contributed by atoms with Crippen molar-refractivity contribution in [2.24, 2.45) is 0 Å². The van der Waals surface area contributed by atoms with Gasteiger partial charge in [-0.15, -0.1) is 0 Å². The van der Waals surface area contributed by atoms with E-state index in [1.54, 1.807) is 36.4 Å². The fourth-order valence-corrected chi connectivity index (χ4v) is 12.1. The van der Waals surface area contributed by atoms with Gasteiger partial charge in [-0.3, -0.25) is 0 Å². The molecule has 0 fully saturated rings. The summed E-state index contributed by atoms with van der Waals surface area (Å²) in [6, 6.07) is -9.71. The monoisotopic (exact) mass is 1120 g/mol. The maximum Gasteiger partial charge on any atom is 0.252 e. The second-order valence-electron chi connectivity index (χ2n) is 20.1.